The van der Waals surface area contributed by atoms with Crippen molar-refractivity contribution >= 4 is 10.8 Å². The van der Waals surface area contributed by atoms with Gasteiger partial charge in [0, 0.05) is 23.0 Å². The molecule has 118 valence electrons. The molecule has 0 aliphatic rings. The van der Waals surface area contributed by atoms with Gasteiger partial charge in [-0.1, -0.05) is 42.5 Å². The van der Waals surface area contributed by atoms with E-state index in [1.54, 1.807) is 6.07 Å². The first-order valence-corrected chi connectivity index (χ1v) is 7.75. The summed E-state index contributed by atoms with van der Waals surface area (Å²) in [5.74, 6) is 0.365. The number of aromatic amines is 1. The van der Waals surface area contributed by atoms with Gasteiger partial charge in [0.25, 0.3) is 11.5 Å². The highest BCUT2D eigenvalue weighted by Gasteiger charge is 2.11. The summed E-state index contributed by atoms with van der Waals surface area (Å²) in [5.41, 5.74) is 3.20. The molecule has 0 spiro atoms. The SMILES string of the molecule is Cc1cc(C)nc(-n2[nH]c(-c3cccc4ccccc34)cc2=O)n1. The molecule has 24 heavy (non-hydrogen) atoms. The summed E-state index contributed by atoms with van der Waals surface area (Å²) >= 11 is 0. The van der Waals surface area contributed by atoms with E-state index in [0.29, 0.717) is 5.95 Å². The number of hydrogen-bond donors (Lipinski definition) is 1. The lowest BCUT2D eigenvalue weighted by Crippen LogP contribution is -2.17. The van der Waals surface area contributed by atoms with Gasteiger partial charge in [-0.2, -0.15) is 4.68 Å². The molecule has 0 radical (unpaired) electrons. The Morgan fingerprint density at radius 2 is 1.62 bits per heavy atom. The van der Waals surface area contributed by atoms with E-state index < -0.39 is 0 Å². The van der Waals surface area contributed by atoms with E-state index in [2.05, 4.69) is 27.2 Å². The predicted molar refractivity (Wildman–Crippen MR) is 94.4 cm³/mol. The molecule has 0 unspecified atom stereocenters. The summed E-state index contributed by atoms with van der Waals surface area (Å²) in [6.07, 6.45) is 0. The first-order chi connectivity index (χ1) is 11.6. The first kappa shape index (κ1) is 14.4. The molecule has 1 N–H and O–H groups in total. The van der Waals surface area contributed by atoms with Crippen LogP contribution in [0.5, 0.6) is 0 Å². The largest absolute Gasteiger partial charge is 0.288 e. The van der Waals surface area contributed by atoms with Crippen LogP contribution in [0.25, 0.3) is 28.0 Å². The minimum absolute atomic E-state index is 0.178. The molecule has 4 aromatic rings. The standard InChI is InChI=1S/C19H16N4O/c1-12-10-13(2)21-19(20-12)23-18(24)11-17(22-23)16-9-5-7-14-6-3-4-8-15(14)16/h3-11,22H,1-2H3. The quantitative estimate of drug-likeness (QED) is 0.616. The third-order valence-electron chi connectivity index (χ3n) is 3.97. The number of aromatic nitrogens is 4. The lowest BCUT2D eigenvalue weighted by Gasteiger charge is -2.05. The Bertz CT molecular complexity index is 1080. The van der Waals surface area contributed by atoms with Crippen LogP contribution in [-0.2, 0) is 0 Å². The van der Waals surface area contributed by atoms with Gasteiger partial charge in [0.05, 0.1) is 5.69 Å². The van der Waals surface area contributed by atoms with Crippen LogP contribution >= 0.6 is 0 Å². The van der Waals surface area contributed by atoms with Gasteiger partial charge >= 0.3 is 0 Å². The molecule has 5 nitrogen and oxygen atoms in total. The molecule has 5 heteroatoms. The van der Waals surface area contributed by atoms with Crippen molar-refractivity contribution in [2.45, 2.75) is 13.8 Å². The maximum Gasteiger partial charge on any atom is 0.274 e. The zero-order chi connectivity index (χ0) is 16.7. The second-order valence-electron chi connectivity index (χ2n) is 5.82. The number of hydrogen-bond acceptors (Lipinski definition) is 3. The molecule has 0 fully saturated rings. The van der Waals surface area contributed by atoms with Crippen LogP contribution in [0, 0.1) is 13.8 Å². The van der Waals surface area contributed by atoms with Gasteiger partial charge in [-0.3, -0.25) is 9.89 Å². The van der Waals surface area contributed by atoms with Crippen molar-refractivity contribution in [2.75, 3.05) is 0 Å². The van der Waals surface area contributed by atoms with Crippen molar-refractivity contribution in [1.82, 2.24) is 19.7 Å². The molecule has 0 amide bonds. The van der Waals surface area contributed by atoms with Crippen molar-refractivity contribution in [3.8, 4) is 17.2 Å². The number of H-pyrrole nitrogens is 1. The zero-order valence-corrected chi connectivity index (χ0v) is 13.4. The molecule has 0 aliphatic carbocycles. The lowest BCUT2D eigenvalue weighted by atomic mass is 10.0. The van der Waals surface area contributed by atoms with Gasteiger partial charge < -0.3 is 0 Å². The first-order valence-electron chi connectivity index (χ1n) is 7.75. The second kappa shape index (κ2) is 5.45. The molecular weight excluding hydrogens is 300 g/mol. The molecule has 2 aromatic carbocycles. The Balaban J connectivity index is 1.91. The van der Waals surface area contributed by atoms with Gasteiger partial charge in [0.2, 0.25) is 0 Å². The molecule has 4 rings (SSSR count). The molecule has 2 heterocycles. The van der Waals surface area contributed by atoms with Crippen LogP contribution in [0.4, 0.5) is 0 Å². The molecule has 0 saturated heterocycles. The van der Waals surface area contributed by atoms with Crippen molar-refractivity contribution in [2.24, 2.45) is 0 Å². The maximum absolute atomic E-state index is 12.4. The van der Waals surface area contributed by atoms with E-state index in [1.165, 1.54) is 4.68 Å². The van der Waals surface area contributed by atoms with Crippen LogP contribution < -0.4 is 5.56 Å². The van der Waals surface area contributed by atoms with E-state index >= 15 is 0 Å². The van der Waals surface area contributed by atoms with E-state index in [4.69, 9.17) is 0 Å². The Morgan fingerprint density at radius 1 is 0.917 bits per heavy atom. The third kappa shape index (κ3) is 2.40. The Kier molecular flexibility index (Phi) is 3.27. The summed E-state index contributed by atoms with van der Waals surface area (Å²) < 4.78 is 1.39. The average molecular weight is 316 g/mol. The number of nitrogens with zero attached hydrogens (tertiary/aromatic N) is 3. The topological polar surface area (TPSA) is 63.6 Å². The average Bonchev–Trinajstić information content (AvgIpc) is 2.95. The maximum atomic E-state index is 12.4. The highest BCUT2D eigenvalue weighted by molar-refractivity contribution is 5.95. The summed E-state index contributed by atoms with van der Waals surface area (Å²) in [7, 11) is 0. The van der Waals surface area contributed by atoms with Gasteiger partial charge in [-0.05, 0) is 30.7 Å². The number of aryl methyl sites for hydroxylation is 2. The number of benzene rings is 2. The zero-order valence-electron chi connectivity index (χ0n) is 13.4. The van der Waals surface area contributed by atoms with Gasteiger partial charge in [-0.25, -0.2) is 9.97 Å². The highest BCUT2D eigenvalue weighted by Crippen LogP contribution is 2.26. The third-order valence-corrected chi connectivity index (χ3v) is 3.97. The van der Waals surface area contributed by atoms with E-state index in [1.807, 2.05) is 50.2 Å². The summed E-state index contributed by atoms with van der Waals surface area (Å²) in [5, 5.41) is 5.36. The molecule has 0 atom stereocenters. The molecule has 2 aromatic heterocycles. The van der Waals surface area contributed by atoms with Gasteiger partial charge in [-0.15, -0.1) is 0 Å². The Labute approximate surface area is 138 Å². The van der Waals surface area contributed by atoms with Crippen LogP contribution in [0.1, 0.15) is 11.4 Å². The fourth-order valence-electron chi connectivity index (χ4n) is 2.95. The van der Waals surface area contributed by atoms with E-state index in [0.717, 1.165) is 33.4 Å². The van der Waals surface area contributed by atoms with Crippen LogP contribution in [0.3, 0.4) is 0 Å². The van der Waals surface area contributed by atoms with Crippen LogP contribution in [0.2, 0.25) is 0 Å². The molecule has 0 bridgehead atoms. The van der Waals surface area contributed by atoms with E-state index in [-0.39, 0.29) is 5.56 Å². The van der Waals surface area contributed by atoms with Crippen molar-refractivity contribution in [3.05, 3.63) is 76.3 Å². The number of rotatable bonds is 2. The van der Waals surface area contributed by atoms with E-state index in [9.17, 15) is 4.79 Å². The molecular formula is C19H16N4O. The fourth-order valence-corrected chi connectivity index (χ4v) is 2.95. The smallest absolute Gasteiger partial charge is 0.274 e. The Hall–Kier alpha value is -3.21. The van der Waals surface area contributed by atoms with Crippen molar-refractivity contribution in [3.63, 3.8) is 0 Å². The normalized spacial score (nSPS) is 11.1. The highest BCUT2D eigenvalue weighted by atomic mass is 16.1. The number of fused-ring (bicyclic) bond motifs is 1. The summed E-state index contributed by atoms with van der Waals surface area (Å²) in [6.45, 7) is 3.77. The number of nitrogens with one attached hydrogen (secondary N) is 1. The van der Waals surface area contributed by atoms with Crippen molar-refractivity contribution < 1.29 is 0 Å². The van der Waals surface area contributed by atoms with Gasteiger partial charge in [0.15, 0.2) is 0 Å². The summed E-state index contributed by atoms with van der Waals surface area (Å²) in [4.78, 5) is 21.1. The second-order valence-corrected chi connectivity index (χ2v) is 5.82. The van der Waals surface area contributed by atoms with Crippen LogP contribution in [0.15, 0.2) is 59.4 Å². The monoisotopic (exact) mass is 316 g/mol. The fraction of sp³-hybridized carbons (Fsp3) is 0.105. The van der Waals surface area contributed by atoms with Gasteiger partial charge in [0.1, 0.15) is 0 Å². The lowest BCUT2D eigenvalue weighted by molar-refractivity contribution is 0.773. The Morgan fingerprint density at radius 3 is 2.42 bits per heavy atom. The summed E-state index contributed by atoms with van der Waals surface area (Å²) in [6, 6.07) is 17.6. The van der Waals surface area contributed by atoms with Crippen molar-refractivity contribution in [1.29, 1.82) is 0 Å². The molecule has 0 saturated carbocycles. The van der Waals surface area contributed by atoms with Crippen LogP contribution in [-0.4, -0.2) is 19.7 Å². The minimum Gasteiger partial charge on any atom is -0.288 e. The minimum atomic E-state index is -0.178. The molecule has 0 aliphatic heterocycles. The predicted octanol–water partition coefficient (Wildman–Crippen LogP) is 3.39.